The first-order valence-corrected chi connectivity index (χ1v) is 13.5. The van der Waals surface area contributed by atoms with Crippen LogP contribution in [-0.4, -0.2) is 0 Å². The zero-order valence-electron chi connectivity index (χ0n) is 3.77. The van der Waals surface area contributed by atoms with E-state index in [1.165, 1.54) is 12.2 Å². The number of hydrogen-bond acceptors (Lipinski definition) is 2. The third-order valence-corrected chi connectivity index (χ3v) is 9.76. The topological polar surface area (TPSA) is 23.8 Å². The minimum atomic E-state index is -0.618. The van der Waals surface area contributed by atoms with Crippen LogP contribution in [0.4, 0.5) is 0 Å². The standard InChI is InChI=1S/C2H5.CHNS.Hg/c1-2;2-1-3;/h1H2,2H3;3H;/q;;+1/p-1. The number of rotatable bonds is 2. The van der Waals surface area contributed by atoms with E-state index in [0.717, 1.165) is 0 Å². The molecule has 0 atom stereocenters. The van der Waals surface area contributed by atoms with Gasteiger partial charge >= 0.3 is 52.8 Å². The summed E-state index contributed by atoms with van der Waals surface area (Å²) in [5.41, 5.74) is 0. The Morgan fingerprint density at radius 2 is 2.67 bits per heavy atom. The average Bonchev–Trinajstić information content (AvgIpc) is 1.61. The van der Waals surface area contributed by atoms with E-state index in [1.54, 1.807) is 0 Å². The first kappa shape index (κ1) is 6.78. The fraction of sp³-hybridized carbons (Fsp3) is 0.667. The molecule has 0 spiro atoms. The zero-order chi connectivity index (χ0) is 4.83. The molecule has 0 amide bonds. The van der Waals surface area contributed by atoms with Crippen molar-refractivity contribution >= 4 is 8.24 Å². The summed E-state index contributed by atoms with van der Waals surface area (Å²) in [7, 11) is 1.54. The van der Waals surface area contributed by atoms with Gasteiger partial charge in [0.1, 0.15) is 0 Å². The van der Waals surface area contributed by atoms with Crippen LogP contribution in [0.15, 0.2) is 0 Å². The molecular formula is C3H5HgNS. The molecule has 6 heavy (non-hydrogen) atoms. The van der Waals surface area contributed by atoms with E-state index in [0.29, 0.717) is 0 Å². The van der Waals surface area contributed by atoms with Crippen molar-refractivity contribution in [1.29, 1.82) is 5.26 Å². The van der Waals surface area contributed by atoms with E-state index in [1.807, 2.05) is 0 Å². The summed E-state index contributed by atoms with van der Waals surface area (Å²) in [4.78, 5) is 0. The number of nitriles is 1. The van der Waals surface area contributed by atoms with Gasteiger partial charge in [0.05, 0.1) is 0 Å². The van der Waals surface area contributed by atoms with Crippen LogP contribution in [0.5, 0.6) is 0 Å². The second kappa shape index (κ2) is 5.78. The van der Waals surface area contributed by atoms with Crippen molar-refractivity contribution in [2.45, 2.75) is 10.9 Å². The Kier molecular flexibility index (Phi) is 6.52. The van der Waals surface area contributed by atoms with Crippen molar-refractivity contribution in [2.24, 2.45) is 0 Å². The zero-order valence-corrected chi connectivity index (χ0v) is 10.1. The summed E-state index contributed by atoms with van der Waals surface area (Å²) in [6.07, 6.45) is 0. The van der Waals surface area contributed by atoms with Crippen LogP contribution in [0.25, 0.3) is 0 Å². The first-order valence-electron chi connectivity index (χ1n) is 1.92. The fourth-order valence-corrected chi connectivity index (χ4v) is 3.89. The van der Waals surface area contributed by atoms with Crippen LogP contribution < -0.4 is 0 Å². The van der Waals surface area contributed by atoms with Gasteiger partial charge in [0.25, 0.3) is 0 Å². The second-order valence-electron chi connectivity index (χ2n) is 0.940. The van der Waals surface area contributed by atoms with Gasteiger partial charge in [-0.25, -0.2) is 0 Å². The van der Waals surface area contributed by atoms with Crippen molar-refractivity contribution in [3.63, 3.8) is 0 Å². The SMILES string of the molecule is C[CH2][Hg][S]C#N. The normalized spacial score (nSPS) is 6.00. The maximum atomic E-state index is 7.97. The monoisotopic (exact) mass is 289 g/mol. The van der Waals surface area contributed by atoms with Gasteiger partial charge in [-0.15, -0.1) is 0 Å². The van der Waals surface area contributed by atoms with Crippen molar-refractivity contribution in [1.82, 2.24) is 0 Å². The van der Waals surface area contributed by atoms with E-state index in [4.69, 9.17) is 5.26 Å². The van der Waals surface area contributed by atoms with Gasteiger partial charge in [-0.05, 0) is 0 Å². The fourth-order valence-electron chi connectivity index (χ4n) is 0.148. The van der Waals surface area contributed by atoms with Crippen LogP contribution in [0.1, 0.15) is 6.92 Å². The molecule has 0 aromatic rings. The molecule has 0 heterocycles. The van der Waals surface area contributed by atoms with Gasteiger partial charge in [0.15, 0.2) is 0 Å². The van der Waals surface area contributed by atoms with Crippen molar-refractivity contribution in [3.8, 4) is 5.40 Å². The average molecular weight is 288 g/mol. The predicted molar refractivity (Wildman–Crippen MR) is 23.7 cm³/mol. The molecule has 3 heteroatoms. The molecule has 0 saturated carbocycles. The molecule has 0 saturated heterocycles. The molecule has 0 radical (unpaired) electrons. The number of hydrogen-bond donors (Lipinski definition) is 0. The van der Waals surface area contributed by atoms with Gasteiger partial charge in [-0.3, -0.25) is 0 Å². The van der Waals surface area contributed by atoms with Crippen LogP contribution in [0.2, 0.25) is 3.93 Å². The van der Waals surface area contributed by atoms with Crippen molar-refractivity contribution in [3.05, 3.63) is 0 Å². The van der Waals surface area contributed by atoms with Crippen LogP contribution >= 0.6 is 8.24 Å². The summed E-state index contributed by atoms with van der Waals surface area (Å²) in [6.45, 7) is 2.16. The second-order valence-corrected chi connectivity index (χ2v) is 13.8. The van der Waals surface area contributed by atoms with E-state index in [9.17, 15) is 0 Å². The molecule has 0 bridgehead atoms. The Hall–Kier alpha value is 0.775. The molecule has 0 rings (SSSR count). The molecule has 0 aliphatic carbocycles. The Morgan fingerprint density at radius 1 is 2.00 bits per heavy atom. The number of nitrogens with zero attached hydrogens (tertiary/aromatic N) is 1. The Balaban J connectivity index is 2.54. The molecule has 1 nitrogen and oxygen atoms in total. The van der Waals surface area contributed by atoms with Gasteiger partial charge < -0.3 is 0 Å². The van der Waals surface area contributed by atoms with E-state index >= 15 is 0 Å². The summed E-state index contributed by atoms with van der Waals surface area (Å²) in [6, 6.07) is 0. The molecule has 0 aliphatic heterocycles. The summed E-state index contributed by atoms with van der Waals surface area (Å²) in [5.74, 6) is 0. The number of thiocyanates is 1. The Labute approximate surface area is 52.7 Å². The predicted octanol–water partition coefficient (Wildman–Crippen LogP) is 1.64. The third-order valence-electron chi connectivity index (χ3n) is 0.371. The van der Waals surface area contributed by atoms with Crippen LogP contribution in [0.3, 0.4) is 0 Å². The molecule has 0 aromatic heterocycles. The molecule has 0 fully saturated rings. The molecule has 0 N–H and O–H groups in total. The van der Waals surface area contributed by atoms with Gasteiger partial charge in [0, 0.05) is 0 Å². The Bertz CT molecular complexity index is 58.3. The van der Waals surface area contributed by atoms with E-state index in [-0.39, 0.29) is 0 Å². The third kappa shape index (κ3) is 4.78. The summed E-state index contributed by atoms with van der Waals surface area (Å²) in [5, 5.41) is 10.0. The van der Waals surface area contributed by atoms with Crippen LogP contribution in [-0.2, 0) is 23.1 Å². The quantitative estimate of drug-likeness (QED) is 0.438. The van der Waals surface area contributed by atoms with Gasteiger partial charge in [0.2, 0.25) is 0 Å². The Morgan fingerprint density at radius 3 is 2.83 bits per heavy atom. The molecular weight excluding hydrogens is 283 g/mol. The summed E-state index contributed by atoms with van der Waals surface area (Å²) < 4.78 is 1.32. The van der Waals surface area contributed by atoms with Crippen molar-refractivity contribution < 1.29 is 23.1 Å². The molecule has 0 aliphatic rings. The summed E-state index contributed by atoms with van der Waals surface area (Å²) >= 11 is -0.618. The maximum absolute atomic E-state index is 7.97. The molecule has 0 aromatic carbocycles. The van der Waals surface area contributed by atoms with E-state index < -0.39 is 23.1 Å². The van der Waals surface area contributed by atoms with E-state index in [2.05, 4.69) is 12.3 Å². The van der Waals surface area contributed by atoms with Crippen LogP contribution in [0, 0.1) is 10.7 Å². The first-order chi connectivity index (χ1) is 2.91. The van der Waals surface area contributed by atoms with Gasteiger partial charge in [-0.2, -0.15) is 0 Å². The van der Waals surface area contributed by atoms with Crippen molar-refractivity contribution in [2.75, 3.05) is 0 Å². The van der Waals surface area contributed by atoms with Gasteiger partial charge in [-0.1, -0.05) is 0 Å². The molecule has 30 valence electrons. The minimum absolute atomic E-state index is 0.618. The molecule has 0 unspecified atom stereocenters.